The molecule has 0 unspecified atom stereocenters. The Morgan fingerprint density at radius 2 is 1.73 bits per heavy atom. The Morgan fingerprint density at radius 3 is 2.20 bits per heavy atom. The summed E-state index contributed by atoms with van der Waals surface area (Å²) in [6.07, 6.45) is 0. The Bertz CT molecular complexity index is 413. The van der Waals surface area contributed by atoms with Gasteiger partial charge >= 0.3 is 35.5 Å². The molecule has 0 spiro atoms. The van der Waals surface area contributed by atoms with Crippen LogP contribution in [-0.4, -0.2) is 54.8 Å². The molecule has 78 valence electrons. The third-order valence-electron chi connectivity index (χ3n) is 1.57. The molecule has 0 radical (unpaired) electrons. The van der Waals surface area contributed by atoms with Crippen LogP contribution in [0.25, 0.3) is 0 Å². The summed E-state index contributed by atoms with van der Waals surface area (Å²) >= 11 is 0. The number of carboxylic acid groups (broad SMARTS) is 1. The second-order valence-electron chi connectivity index (χ2n) is 2.91. The molecule has 0 fully saturated rings. The van der Waals surface area contributed by atoms with Gasteiger partial charge in [0.2, 0.25) is 0 Å². The van der Waals surface area contributed by atoms with Gasteiger partial charge in [-0.1, -0.05) is 30.3 Å². The first kappa shape index (κ1) is 14.6. The minimum absolute atomic E-state index is 0. The van der Waals surface area contributed by atoms with E-state index in [-0.39, 0.29) is 35.3 Å². The van der Waals surface area contributed by atoms with Gasteiger partial charge < -0.3 is 5.11 Å². The van der Waals surface area contributed by atoms with Crippen LogP contribution < -0.4 is 0 Å². The summed E-state index contributed by atoms with van der Waals surface area (Å²) in [5.41, 5.74) is 0.605. The van der Waals surface area contributed by atoms with Crippen LogP contribution in [-0.2, 0) is 20.4 Å². The number of rotatable bonds is 4. The number of carbonyl (C=O) groups is 1. The van der Waals surface area contributed by atoms with Crippen molar-refractivity contribution in [2.45, 2.75) is 5.75 Å². The van der Waals surface area contributed by atoms with E-state index in [9.17, 15) is 13.2 Å². The van der Waals surface area contributed by atoms with E-state index in [4.69, 9.17) is 5.11 Å². The number of sulfone groups is 1. The van der Waals surface area contributed by atoms with Gasteiger partial charge in [0.15, 0.2) is 9.84 Å². The molecule has 0 saturated heterocycles. The predicted octanol–water partition coefficient (Wildman–Crippen LogP) is 0.0375. The summed E-state index contributed by atoms with van der Waals surface area (Å²) in [4.78, 5) is 10.2. The maximum atomic E-state index is 11.2. The normalized spacial score (nSPS) is 10.4. The standard InChI is InChI=1S/C9H10O4S.Na.H/c10-9(11)7-14(12,13)6-8-4-2-1-3-5-8;;/h1-5H,6-7H2,(H,10,11);;. The van der Waals surface area contributed by atoms with Gasteiger partial charge in [0.05, 0.1) is 5.75 Å². The molecule has 0 atom stereocenters. The van der Waals surface area contributed by atoms with Crippen molar-refractivity contribution >= 4 is 45.4 Å². The van der Waals surface area contributed by atoms with Gasteiger partial charge in [-0.15, -0.1) is 0 Å². The van der Waals surface area contributed by atoms with Gasteiger partial charge in [0.1, 0.15) is 5.75 Å². The third-order valence-corrected chi connectivity index (χ3v) is 3.03. The molecule has 0 heterocycles. The van der Waals surface area contributed by atoms with E-state index in [2.05, 4.69) is 0 Å². The summed E-state index contributed by atoms with van der Waals surface area (Å²) in [6, 6.07) is 8.50. The summed E-state index contributed by atoms with van der Waals surface area (Å²) in [6.45, 7) is 0. The zero-order valence-corrected chi connectivity index (χ0v) is 8.20. The van der Waals surface area contributed by atoms with Crippen LogP contribution in [0.2, 0.25) is 0 Å². The molecule has 4 nitrogen and oxygen atoms in total. The topological polar surface area (TPSA) is 71.4 Å². The first-order valence-electron chi connectivity index (χ1n) is 3.96. The number of aliphatic carboxylic acids is 1. The van der Waals surface area contributed by atoms with E-state index in [1.165, 1.54) is 0 Å². The van der Waals surface area contributed by atoms with Crippen molar-refractivity contribution in [1.29, 1.82) is 0 Å². The van der Waals surface area contributed by atoms with Gasteiger partial charge in [0, 0.05) is 0 Å². The molecule has 0 aliphatic rings. The van der Waals surface area contributed by atoms with Gasteiger partial charge in [-0.3, -0.25) is 4.79 Å². The Labute approximate surface area is 111 Å². The van der Waals surface area contributed by atoms with Crippen molar-refractivity contribution in [3.63, 3.8) is 0 Å². The quantitative estimate of drug-likeness (QED) is 0.752. The Morgan fingerprint density at radius 1 is 1.20 bits per heavy atom. The molecule has 0 aliphatic heterocycles. The second-order valence-corrected chi connectivity index (χ2v) is 4.98. The van der Waals surface area contributed by atoms with Crippen LogP contribution in [0.1, 0.15) is 5.56 Å². The van der Waals surface area contributed by atoms with Crippen LogP contribution in [0.4, 0.5) is 0 Å². The molecule has 1 rings (SSSR count). The molecular formula is C9H11NaO4S. The van der Waals surface area contributed by atoms with E-state index >= 15 is 0 Å². The number of carboxylic acids is 1. The van der Waals surface area contributed by atoms with E-state index in [0.717, 1.165) is 0 Å². The van der Waals surface area contributed by atoms with Gasteiger partial charge in [-0.05, 0) is 5.56 Å². The molecule has 1 aromatic carbocycles. The van der Waals surface area contributed by atoms with E-state index in [1.807, 2.05) is 0 Å². The van der Waals surface area contributed by atoms with E-state index in [0.29, 0.717) is 5.56 Å². The number of benzene rings is 1. The van der Waals surface area contributed by atoms with E-state index < -0.39 is 21.6 Å². The fourth-order valence-electron chi connectivity index (χ4n) is 1.07. The van der Waals surface area contributed by atoms with Crippen LogP contribution in [0, 0.1) is 0 Å². The van der Waals surface area contributed by atoms with Crippen molar-refractivity contribution in [2.75, 3.05) is 5.75 Å². The fourth-order valence-corrected chi connectivity index (χ4v) is 2.25. The second kappa shape index (κ2) is 6.27. The molecule has 0 amide bonds. The zero-order chi connectivity index (χ0) is 10.6. The first-order valence-corrected chi connectivity index (χ1v) is 5.78. The summed E-state index contributed by atoms with van der Waals surface area (Å²) in [5, 5.41) is 8.35. The van der Waals surface area contributed by atoms with Crippen molar-refractivity contribution in [3.05, 3.63) is 35.9 Å². The molecule has 0 bridgehead atoms. The van der Waals surface area contributed by atoms with Gasteiger partial charge in [0.25, 0.3) is 0 Å². The molecule has 1 aromatic rings. The summed E-state index contributed by atoms with van der Waals surface area (Å²) in [7, 11) is -3.53. The Kier molecular flexibility index (Phi) is 6.12. The summed E-state index contributed by atoms with van der Waals surface area (Å²) < 4.78 is 22.5. The zero-order valence-electron chi connectivity index (χ0n) is 7.38. The van der Waals surface area contributed by atoms with E-state index in [1.54, 1.807) is 30.3 Å². The number of hydrogen-bond donors (Lipinski definition) is 1. The molecule has 15 heavy (non-hydrogen) atoms. The van der Waals surface area contributed by atoms with Crippen LogP contribution >= 0.6 is 0 Å². The third kappa shape index (κ3) is 5.94. The molecule has 1 N–H and O–H groups in total. The van der Waals surface area contributed by atoms with Gasteiger partial charge in [-0.25, -0.2) is 8.42 Å². The van der Waals surface area contributed by atoms with Crippen LogP contribution in [0.3, 0.4) is 0 Å². The number of hydrogen-bond acceptors (Lipinski definition) is 3. The van der Waals surface area contributed by atoms with Crippen LogP contribution in [0.5, 0.6) is 0 Å². The van der Waals surface area contributed by atoms with Crippen LogP contribution in [0.15, 0.2) is 30.3 Å². The van der Waals surface area contributed by atoms with Crippen molar-refractivity contribution in [2.24, 2.45) is 0 Å². The SMILES string of the molecule is O=C(O)CS(=O)(=O)Cc1ccccc1.[NaH]. The Hall–Kier alpha value is -0.360. The molecule has 0 aliphatic carbocycles. The monoisotopic (exact) mass is 238 g/mol. The predicted molar refractivity (Wildman–Crippen MR) is 58.7 cm³/mol. The van der Waals surface area contributed by atoms with Crippen molar-refractivity contribution < 1.29 is 18.3 Å². The molecule has 0 saturated carbocycles. The van der Waals surface area contributed by atoms with Crippen molar-refractivity contribution in [3.8, 4) is 0 Å². The maximum absolute atomic E-state index is 11.2. The molecule has 6 heteroatoms. The minimum atomic E-state index is -3.53. The molecule has 0 aromatic heterocycles. The Balaban J connectivity index is 0.00000196. The van der Waals surface area contributed by atoms with Gasteiger partial charge in [-0.2, -0.15) is 0 Å². The summed E-state index contributed by atoms with van der Waals surface area (Å²) in [5.74, 6) is -2.36. The molecular weight excluding hydrogens is 227 g/mol. The van der Waals surface area contributed by atoms with Crippen molar-refractivity contribution in [1.82, 2.24) is 0 Å². The average molecular weight is 238 g/mol. The fraction of sp³-hybridized carbons (Fsp3) is 0.222. The average Bonchev–Trinajstić information content (AvgIpc) is 2.02. The first-order chi connectivity index (χ1) is 6.49.